The number of hydrogen-bond acceptors (Lipinski definition) is 6. The Morgan fingerprint density at radius 1 is 1.14 bits per heavy atom. The van der Waals surface area contributed by atoms with Crippen LogP contribution in [0.5, 0.6) is 0 Å². The molecule has 0 aliphatic heterocycles. The number of carbonyl (C=O) groups is 2. The van der Waals surface area contributed by atoms with Crippen molar-refractivity contribution in [3.63, 3.8) is 0 Å². The second-order valence-corrected chi connectivity index (χ2v) is 5.08. The molecule has 0 heterocycles. The fraction of sp³-hybridized carbons (Fsp3) is 0.846. The van der Waals surface area contributed by atoms with E-state index in [4.69, 9.17) is 42.1 Å². The molecule has 0 aromatic heterocycles. The van der Waals surface area contributed by atoms with Crippen LogP contribution < -0.4 is 0 Å². The third-order valence-corrected chi connectivity index (χ3v) is 3.25. The molecule has 0 amide bonds. The Kier molecular flexibility index (Phi) is 12.2. The lowest BCUT2D eigenvalue weighted by Crippen LogP contribution is -2.30. The molecule has 0 radical (unpaired) electrons. The Morgan fingerprint density at radius 2 is 1.81 bits per heavy atom. The van der Waals surface area contributed by atoms with E-state index in [1.165, 1.54) is 7.11 Å². The summed E-state index contributed by atoms with van der Waals surface area (Å²) in [5, 5.41) is -1.15. The highest BCUT2D eigenvalue weighted by Crippen LogP contribution is 2.20. The molecular formula is C13H22Cl2O6. The smallest absolute Gasteiger partial charge is 0.227 e. The van der Waals surface area contributed by atoms with Gasteiger partial charge in [-0.15, -0.1) is 0 Å². The van der Waals surface area contributed by atoms with Crippen molar-refractivity contribution >= 4 is 33.7 Å². The van der Waals surface area contributed by atoms with Crippen LogP contribution in [-0.4, -0.2) is 50.0 Å². The van der Waals surface area contributed by atoms with Crippen LogP contribution in [0.25, 0.3) is 0 Å². The summed E-state index contributed by atoms with van der Waals surface area (Å²) in [5.41, 5.74) is 0. The fourth-order valence-electron chi connectivity index (χ4n) is 1.58. The van der Waals surface area contributed by atoms with Gasteiger partial charge in [-0.2, -0.15) is 0 Å². The lowest BCUT2D eigenvalue weighted by Gasteiger charge is -2.22. The Morgan fingerprint density at radius 3 is 2.29 bits per heavy atom. The Bertz CT molecular complexity index is 313. The third kappa shape index (κ3) is 10.2. The van der Waals surface area contributed by atoms with Crippen molar-refractivity contribution < 1.29 is 28.5 Å². The minimum atomic E-state index is -0.691. The van der Waals surface area contributed by atoms with E-state index in [-0.39, 0.29) is 19.5 Å². The second-order valence-electron chi connectivity index (χ2n) is 4.28. The van der Waals surface area contributed by atoms with Crippen molar-refractivity contribution in [2.24, 2.45) is 5.92 Å². The van der Waals surface area contributed by atoms with E-state index in [1.54, 1.807) is 13.8 Å². The van der Waals surface area contributed by atoms with Crippen molar-refractivity contribution in [3.05, 3.63) is 0 Å². The number of ether oxygens (including phenoxy) is 4. The van der Waals surface area contributed by atoms with E-state index in [1.807, 2.05) is 0 Å². The van der Waals surface area contributed by atoms with Gasteiger partial charge in [0.15, 0.2) is 6.29 Å². The van der Waals surface area contributed by atoms with Gasteiger partial charge in [0, 0.05) is 13.5 Å². The van der Waals surface area contributed by atoms with E-state index in [2.05, 4.69) is 0 Å². The van der Waals surface area contributed by atoms with E-state index >= 15 is 0 Å². The number of hydrogen-bond donors (Lipinski definition) is 0. The van der Waals surface area contributed by atoms with Crippen LogP contribution in [0.1, 0.15) is 26.7 Å². The van der Waals surface area contributed by atoms with Crippen LogP contribution in [-0.2, 0) is 28.5 Å². The molecule has 0 saturated carbocycles. The molecule has 8 heteroatoms. The molecule has 21 heavy (non-hydrogen) atoms. The van der Waals surface area contributed by atoms with E-state index < -0.39 is 22.5 Å². The van der Waals surface area contributed by atoms with Crippen LogP contribution in [0, 0.1) is 5.92 Å². The molecule has 0 bridgehead atoms. The maximum atomic E-state index is 11.3. The lowest BCUT2D eigenvalue weighted by atomic mass is 9.99. The van der Waals surface area contributed by atoms with Gasteiger partial charge in [-0.3, -0.25) is 9.59 Å². The topological polar surface area (TPSA) is 71.1 Å². The zero-order valence-electron chi connectivity index (χ0n) is 12.5. The van der Waals surface area contributed by atoms with Crippen molar-refractivity contribution in [1.82, 2.24) is 0 Å². The van der Waals surface area contributed by atoms with Gasteiger partial charge < -0.3 is 18.9 Å². The molecule has 3 atom stereocenters. The second kappa shape index (κ2) is 12.3. The number of rotatable bonds is 13. The van der Waals surface area contributed by atoms with Gasteiger partial charge in [-0.05, 0) is 36.5 Å². The lowest BCUT2D eigenvalue weighted by molar-refractivity contribution is -0.152. The summed E-state index contributed by atoms with van der Waals surface area (Å²) in [5.74, 6) is -0.595. The van der Waals surface area contributed by atoms with E-state index in [0.29, 0.717) is 19.6 Å². The molecule has 0 saturated heterocycles. The standard InChI is InChI=1S/C13H22Cl2O6/c1-4-10(13(15)17)11(7-12(14)16)21-8-19-5-6-20-9(2)18-3/h9-11H,4-8H2,1-3H3/t9-,10?,11?/m1/s1. The van der Waals surface area contributed by atoms with E-state index in [9.17, 15) is 9.59 Å². The maximum Gasteiger partial charge on any atom is 0.227 e. The molecule has 0 aliphatic rings. The zero-order chi connectivity index (χ0) is 16.3. The van der Waals surface area contributed by atoms with Gasteiger partial charge in [-0.25, -0.2) is 0 Å². The molecule has 0 aromatic carbocycles. The summed E-state index contributed by atoms with van der Waals surface area (Å²) >= 11 is 10.8. The molecule has 0 aliphatic carbocycles. The predicted molar refractivity (Wildman–Crippen MR) is 78.2 cm³/mol. The number of carbonyl (C=O) groups excluding carboxylic acids is 2. The molecular weight excluding hydrogens is 323 g/mol. The first-order chi connectivity index (χ1) is 9.92. The van der Waals surface area contributed by atoms with Crippen molar-refractivity contribution in [2.75, 3.05) is 27.1 Å². The zero-order valence-corrected chi connectivity index (χ0v) is 14.0. The van der Waals surface area contributed by atoms with Crippen molar-refractivity contribution in [2.45, 2.75) is 39.1 Å². The molecule has 0 aromatic rings. The van der Waals surface area contributed by atoms with Crippen molar-refractivity contribution in [3.8, 4) is 0 Å². The molecule has 0 spiro atoms. The van der Waals surface area contributed by atoms with Crippen molar-refractivity contribution in [1.29, 1.82) is 0 Å². The minimum Gasteiger partial charge on any atom is -0.356 e. The predicted octanol–water partition coefficient (Wildman–Crippen LogP) is 2.30. The van der Waals surface area contributed by atoms with Gasteiger partial charge in [-0.1, -0.05) is 6.92 Å². The molecule has 6 nitrogen and oxygen atoms in total. The highest BCUT2D eigenvalue weighted by Gasteiger charge is 2.28. The first kappa shape index (κ1) is 20.8. The first-order valence-electron chi connectivity index (χ1n) is 6.63. The van der Waals surface area contributed by atoms with Crippen LogP contribution >= 0.6 is 23.2 Å². The van der Waals surface area contributed by atoms with Crippen LogP contribution in [0.15, 0.2) is 0 Å². The summed E-state index contributed by atoms with van der Waals surface area (Å²) in [7, 11) is 1.54. The third-order valence-electron chi connectivity index (χ3n) is 2.82. The summed E-state index contributed by atoms with van der Waals surface area (Å²) in [4.78, 5) is 22.3. The molecule has 0 rings (SSSR count). The molecule has 0 fully saturated rings. The van der Waals surface area contributed by atoms with Crippen LogP contribution in [0.4, 0.5) is 0 Å². The summed E-state index contributed by atoms with van der Waals surface area (Å²) < 4.78 is 20.7. The Balaban J connectivity index is 4.07. The quantitative estimate of drug-likeness (QED) is 0.290. The average Bonchev–Trinajstić information content (AvgIpc) is 2.41. The number of methoxy groups -OCH3 is 1. The van der Waals surface area contributed by atoms with Gasteiger partial charge in [0.25, 0.3) is 0 Å². The summed E-state index contributed by atoms with van der Waals surface area (Å²) in [6.45, 7) is 4.08. The summed E-state index contributed by atoms with van der Waals surface area (Å²) in [6, 6.07) is 0. The normalized spacial score (nSPS) is 15.5. The van der Waals surface area contributed by atoms with E-state index in [0.717, 1.165) is 0 Å². The highest BCUT2D eigenvalue weighted by atomic mass is 35.5. The number of halogens is 2. The maximum absolute atomic E-state index is 11.3. The molecule has 2 unspecified atom stereocenters. The fourth-order valence-corrected chi connectivity index (χ4v) is 2.03. The molecule has 124 valence electrons. The monoisotopic (exact) mass is 344 g/mol. The van der Waals surface area contributed by atoms with Crippen LogP contribution in [0.3, 0.4) is 0 Å². The highest BCUT2D eigenvalue weighted by molar-refractivity contribution is 6.64. The van der Waals surface area contributed by atoms with Gasteiger partial charge in [0.2, 0.25) is 10.5 Å². The van der Waals surface area contributed by atoms with Crippen LogP contribution in [0.2, 0.25) is 0 Å². The Hall–Kier alpha value is -0.240. The largest absolute Gasteiger partial charge is 0.356 e. The Labute approximate surface area is 135 Å². The average molecular weight is 345 g/mol. The van der Waals surface area contributed by atoms with Gasteiger partial charge >= 0.3 is 0 Å². The minimum absolute atomic E-state index is 0.0831. The van der Waals surface area contributed by atoms with Gasteiger partial charge in [0.1, 0.15) is 6.79 Å². The summed E-state index contributed by atoms with van der Waals surface area (Å²) in [6.07, 6.45) is -0.650. The van der Waals surface area contributed by atoms with Gasteiger partial charge in [0.05, 0.1) is 25.2 Å². The SMILES string of the molecule is CCC(C(=O)Cl)C(CC(=O)Cl)OCOCCO[C@H](C)OC. The first-order valence-corrected chi connectivity index (χ1v) is 7.39. The molecule has 0 N–H and O–H groups in total.